The van der Waals surface area contributed by atoms with Crippen molar-refractivity contribution in [3.05, 3.63) is 41.7 Å². The zero-order valence-corrected chi connectivity index (χ0v) is 16.1. The molecule has 2 aliphatic heterocycles. The van der Waals surface area contributed by atoms with Crippen molar-refractivity contribution in [2.24, 2.45) is 0 Å². The van der Waals surface area contributed by atoms with Gasteiger partial charge in [-0.3, -0.25) is 9.48 Å². The first-order valence-electron chi connectivity index (χ1n) is 9.69. The SMILES string of the molecule is COc1cccc(NC(=O)N2CCN(C(=O)c3cnn4c3CCCC4)CC2)c1. The fourth-order valence-electron chi connectivity index (χ4n) is 3.79. The number of carbonyl (C=O) groups is 2. The summed E-state index contributed by atoms with van der Waals surface area (Å²) in [6.07, 6.45) is 4.82. The molecule has 28 heavy (non-hydrogen) atoms. The molecule has 0 saturated carbocycles. The number of fused-ring (bicyclic) bond motifs is 1. The van der Waals surface area contributed by atoms with Gasteiger partial charge < -0.3 is 19.9 Å². The summed E-state index contributed by atoms with van der Waals surface area (Å²) in [7, 11) is 1.59. The molecular weight excluding hydrogens is 358 g/mol. The maximum absolute atomic E-state index is 12.9. The second-order valence-electron chi connectivity index (χ2n) is 7.13. The highest BCUT2D eigenvalue weighted by molar-refractivity contribution is 5.95. The molecule has 0 spiro atoms. The molecule has 0 radical (unpaired) electrons. The van der Waals surface area contributed by atoms with E-state index < -0.39 is 0 Å². The van der Waals surface area contributed by atoms with E-state index in [9.17, 15) is 9.59 Å². The number of aryl methyl sites for hydroxylation is 1. The topological polar surface area (TPSA) is 79.7 Å². The predicted molar refractivity (Wildman–Crippen MR) is 105 cm³/mol. The molecule has 0 atom stereocenters. The van der Waals surface area contributed by atoms with Crippen molar-refractivity contribution in [3.63, 3.8) is 0 Å². The predicted octanol–water partition coefficient (Wildman–Crippen LogP) is 2.22. The van der Waals surface area contributed by atoms with E-state index in [1.165, 1.54) is 0 Å². The maximum Gasteiger partial charge on any atom is 0.321 e. The summed E-state index contributed by atoms with van der Waals surface area (Å²) >= 11 is 0. The van der Waals surface area contributed by atoms with Crippen LogP contribution in [0, 0.1) is 0 Å². The van der Waals surface area contributed by atoms with Crippen LogP contribution in [0.25, 0.3) is 0 Å². The Labute approximate surface area is 164 Å². The van der Waals surface area contributed by atoms with Crippen LogP contribution in [0.1, 0.15) is 28.9 Å². The first-order chi connectivity index (χ1) is 13.7. The van der Waals surface area contributed by atoms with E-state index in [1.54, 1.807) is 24.3 Å². The van der Waals surface area contributed by atoms with Crippen LogP contribution in [0.2, 0.25) is 0 Å². The van der Waals surface area contributed by atoms with Gasteiger partial charge in [0.1, 0.15) is 5.75 Å². The van der Waals surface area contributed by atoms with Gasteiger partial charge in [-0.05, 0) is 31.4 Å². The molecule has 3 heterocycles. The molecule has 0 bridgehead atoms. The Hall–Kier alpha value is -3.03. The van der Waals surface area contributed by atoms with Crippen LogP contribution >= 0.6 is 0 Å². The largest absolute Gasteiger partial charge is 0.497 e. The second kappa shape index (κ2) is 7.92. The summed E-state index contributed by atoms with van der Waals surface area (Å²) in [6, 6.07) is 7.10. The summed E-state index contributed by atoms with van der Waals surface area (Å²) in [4.78, 5) is 29.0. The lowest BCUT2D eigenvalue weighted by Crippen LogP contribution is -2.51. The number of methoxy groups -OCH3 is 1. The number of hydrogen-bond acceptors (Lipinski definition) is 4. The van der Waals surface area contributed by atoms with Gasteiger partial charge in [-0.2, -0.15) is 5.10 Å². The standard InChI is InChI=1S/C20H25N5O3/c1-28-16-6-4-5-15(13-16)22-20(27)24-11-9-23(10-12-24)19(26)17-14-21-25-8-3-2-7-18(17)25/h4-6,13-14H,2-3,7-12H2,1H3,(H,22,27). The Kier molecular flexibility index (Phi) is 5.18. The molecular formula is C20H25N5O3. The molecule has 1 saturated heterocycles. The number of hydrogen-bond donors (Lipinski definition) is 1. The van der Waals surface area contributed by atoms with Crippen LogP contribution in [-0.2, 0) is 13.0 Å². The molecule has 8 nitrogen and oxygen atoms in total. The number of benzene rings is 1. The fraction of sp³-hybridized carbons (Fsp3) is 0.450. The summed E-state index contributed by atoms with van der Waals surface area (Å²) in [5, 5.41) is 7.25. The molecule has 8 heteroatoms. The van der Waals surface area contributed by atoms with Crippen LogP contribution in [0.3, 0.4) is 0 Å². The van der Waals surface area contributed by atoms with Crippen molar-refractivity contribution >= 4 is 17.6 Å². The number of anilines is 1. The van der Waals surface area contributed by atoms with Gasteiger partial charge in [0.15, 0.2) is 0 Å². The fourth-order valence-corrected chi connectivity index (χ4v) is 3.79. The lowest BCUT2D eigenvalue weighted by atomic mass is 10.1. The lowest BCUT2D eigenvalue weighted by molar-refractivity contribution is 0.0670. The third-order valence-electron chi connectivity index (χ3n) is 5.39. The maximum atomic E-state index is 12.9. The Bertz CT molecular complexity index is 870. The molecule has 1 N–H and O–H groups in total. The van der Waals surface area contributed by atoms with Crippen LogP contribution in [0.5, 0.6) is 5.75 Å². The number of nitrogens with zero attached hydrogens (tertiary/aromatic N) is 4. The van der Waals surface area contributed by atoms with Gasteiger partial charge in [-0.15, -0.1) is 0 Å². The number of nitrogens with one attached hydrogen (secondary N) is 1. The number of piperazine rings is 1. The van der Waals surface area contributed by atoms with E-state index in [2.05, 4.69) is 10.4 Å². The first-order valence-corrected chi connectivity index (χ1v) is 9.69. The van der Waals surface area contributed by atoms with Gasteiger partial charge >= 0.3 is 6.03 Å². The smallest absolute Gasteiger partial charge is 0.321 e. The van der Waals surface area contributed by atoms with Crippen molar-refractivity contribution in [2.45, 2.75) is 25.8 Å². The lowest BCUT2D eigenvalue weighted by Gasteiger charge is -2.34. The van der Waals surface area contributed by atoms with Crippen molar-refractivity contribution in [1.29, 1.82) is 0 Å². The third kappa shape index (κ3) is 3.67. The number of urea groups is 1. The number of rotatable bonds is 3. The summed E-state index contributed by atoms with van der Waals surface area (Å²) < 4.78 is 7.13. The molecule has 2 aliphatic rings. The van der Waals surface area contributed by atoms with Gasteiger partial charge in [-0.25, -0.2) is 4.79 Å². The van der Waals surface area contributed by atoms with Gasteiger partial charge in [-0.1, -0.05) is 6.07 Å². The van der Waals surface area contributed by atoms with Gasteiger partial charge in [0.05, 0.1) is 24.6 Å². The average molecular weight is 383 g/mol. The average Bonchev–Trinajstić information content (AvgIpc) is 3.17. The van der Waals surface area contributed by atoms with Gasteiger partial charge in [0, 0.05) is 44.5 Å². The van der Waals surface area contributed by atoms with E-state index >= 15 is 0 Å². The van der Waals surface area contributed by atoms with Crippen LogP contribution in [0.4, 0.5) is 10.5 Å². The highest BCUT2D eigenvalue weighted by atomic mass is 16.5. The second-order valence-corrected chi connectivity index (χ2v) is 7.13. The van der Waals surface area contributed by atoms with Crippen LogP contribution < -0.4 is 10.1 Å². The van der Waals surface area contributed by atoms with Crippen molar-refractivity contribution in [2.75, 3.05) is 38.6 Å². The number of carbonyl (C=O) groups excluding carboxylic acids is 2. The zero-order valence-electron chi connectivity index (χ0n) is 16.1. The summed E-state index contributed by atoms with van der Waals surface area (Å²) in [5.41, 5.74) is 2.46. The monoisotopic (exact) mass is 383 g/mol. The van der Waals surface area contributed by atoms with Crippen molar-refractivity contribution in [3.8, 4) is 5.75 Å². The normalized spacial score (nSPS) is 16.5. The third-order valence-corrected chi connectivity index (χ3v) is 5.39. The highest BCUT2D eigenvalue weighted by Crippen LogP contribution is 2.21. The minimum atomic E-state index is -0.164. The Morgan fingerprint density at radius 3 is 2.64 bits per heavy atom. The number of aromatic nitrogens is 2. The van der Waals surface area contributed by atoms with Crippen LogP contribution in [-0.4, -0.2) is 64.8 Å². The molecule has 2 aromatic rings. The molecule has 0 aliphatic carbocycles. The molecule has 1 fully saturated rings. The Morgan fingerprint density at radius 1 is 1.07 bits per heavy atom. The molecule has 0 unspecified atom stereocenters. The molecule has 1 aromatic heterocycles. The Morgan fingerprint density at radius 2 is 1.86 bits per heavy atom. The van der Waals surface area contributed by atoms with Crippen molar-refractivity contribution < 1.29 is 14.3 Å². The number of ether oxygens (including phenoxy) is 1. The van der Waals surface area contributed by atoms with E-state index in [0.29, 0.717) is 43.2 Å². The first kappa shape index (κ1) is 18.3. The minimum absolute atomic E-state index is 0.0241. The van der Waals surface area contributed by atoms with Crippen molar-refractivity contribution in [1.82, 2.24) is 19.6 Å². The van der Waals surface area contributed by atoms with Gasteiger partial charge in [0.25, 0.3) is 5.91 Å². The van der Waals surface area contributed by atoms with E-state index in [4.69, 9.17) is 4.74 Å². The Balaban J connectivity index is 1.34. The summed E-state index contributed by atoms with van der Waals surface area (Å²) in [5.74, 6) is 0.716. The van der Waals surface area contributed by atoms with E-state index in [1.807, 2.05) is 27.8 Å². The molecule has 1 aromatic carbocycles. The van der Waals surface area contributed by atoms with Gasteiger partial charge in [0.2, 0.25) is 0 Å². The minimum Gasteiger partial charge on any atom is -0.497 e. The highest BCUT2D eigenvalue weighted by Gasteiger charge is 2.28. The molecule has 4 rings (SSSR count). The van der Waals surface area contributed by atoms with Crippen LogP contribution in [0.15, 0.2) is 30.5 Å². The van der Waals surface area contributed by atoms with E-state index in [0.717, 1.165) is 31.5 Å². The number of amides is 3. The quantitative estimate of drug-likeness (QED) is 0.881. The summed E-state index contributed by atoms with van der Waals surface area (Å²) in [6.45, 7) is 2.95. The van der Waals surface area contributed by atoms with E-state index in [-0.39, 0.29) is 11.9 Å². The molecule has 3 amide bonds. The molecule has 148 valence electrons. The zero-order chi connectivity index (χ0) is 19.5.